The first-order chi connectivity index (χ1) is 7.18. The maximum absolute atomic E-state index is 12.8. The summed E-state index contributed by atoms with van der Waals surface area (Å²) in [6, 6.07) is 6.00. The lowest BCUT2D eigenvalue weighted by Crippen LogP contribution is -2.55. The third kappa shape index (κ3) is 2.63. The van der Waals surface area contributed by atoms with Crippen LogP contribution in [0.3, 0.4) is 0 Å². The van der Waals surface area contributed by atoms with Gasteiger partial charge in [0.2, 0.25) is 0 Å². The summed E-state index contributed by atoms with van der Waals surface area (Å²) in [5.74, 6) is -0.287. The van der Waals surface area contributed by atoms with Gasteiger partial charge < -0.3 is 13.3 Å². The van der Waals surface area contributed by atoms with Crippen LogP contribution in [0.15, 0.2) is 24.3 Å². The van der Waals surface area contributed by atoms with Crippen LogP contribution in [0.5, 0.6) is 0 Å². The van der Waals surface area contributed by atoms with Crippen LogP contribution in [0, 0.1) is 5.82 Å². The lowest BCUT2D eigenvalue weighted by molar-refractivity contribution is 0.120. The molecule has 84 valence electrons. The van der Waals surface area contributed by atoms with Gasteiger partial charge in [-0.05, 0) is 19.1 Å². The molecule has 0 unspecified atom stereocenters. The highest BCUT2D eigenvalue weighted by Gasteiger charge is 2.41. The number of hydrogen-bond acceptors (Lipinski definition) is 3. The van der Waals surface area contributed by atoms with E-state index in [0.717, 1.165) is 5.19 Å². The second-order valence-electron chi connectivity index (χ2n) is 2.90. The molecule has 0 saturated heterocycles. The molecule has 15 heavy (non-hydrogen) atoms. The highest BCUT2D eigenvalue weighted by Crippen LogP contribution is 2.08. The van der Waals surface area contributed by atoms with Gasteiger partial charge in [-0.1, -0.05) is 12.1 Å². The first-order valence-electron chi connectivity index (χ1n) is 4.69. The first kappa shape index (κ1) is 12.3. The molecule has 5 heteroatoms. The maximum atomic E-state index is 12.8. The largest absolute Gasteiger partial charge is 0.536 e. The second kappa shape index (κ2) is 5.36. The quantitative estimate of drug-likeness (QED) is 0.714. The van der Waals surface area contributed by atoms with Crippen molar-refractivity contribution >= 4 is 14.0 Å². The van der Waals surface area contributed by atoms with Crippen LogP contribution in [0.4, 0.5) is 4.39 Å². The molecule has 0 saturated carbocycles. The summed E-state index contributed by atoms with van der Waals surface area (Å²) in [7, 11) is 0.264. The minimum atomic E-state index is -2.81. The van der Waals surface area contributed by atoms with E-state index >= 15 is 0 Å². The van der Waals surface area contributed by atoms with E-state index in [1.807, 2.05) is 6.92 Å². The molecule has 1 aromatic carbocycles. The molecule has 1 aromatic rings. The van der Waals surface area contributed by atoms with Crippen molar-refractivity contribution in [2.45, 2.75) is 6.92 Å². The molecule has 0 N–H and O–H groups in total. The zero-order valence-electron chi connectivity index (χ0n) is 9.12. The van der Waals surface area contributed by atoms with Gasteiger partial charge in [-0.2, -0.15) is 0 Å². The predicted molar refractivity (Wildman–Crippen MR) is 57.4 cm³/mol. The van der Waals surface area contributed by atoms with E-state index in [2.05, 4.69) is 0 Å². The van der Waals surface area contributed by atoms with Crippen LogP contribution in [0.1, 0.15) is 6.92 Å². The van der Waals surface area contributed by atoms with Crippen LogP contribution < -0.4 is 5.19 Å². The van der Waals surface area contributed by atoms with Crippen molar-refractivity contribution in [2.75, 3.05) is 20.8 Å². The van der Waals surface area contributed by atoms with Crippen molar-refractivity contribution in [3.8, 4) is 0 Å². The van der Waals surface area contributed by atoms with E-state index in [4.69, 9.17) is 13.3 Å². The Hall–Kier alpha value is -0.753. The highest BCUT2D eigenvalue weighted by molar-refractivity contribution is 6.75. The Morgan fingerprint density at radius 3 is 2.07 bits per heavy atom. The average Bonchev–Trinajstić information content (AvgIpc) is 2.27. The molecule has 0 radical (unpaired) electrons. The summed E-state index contributed by atoms with van der Waals surface area (Å²) < 4.78 is 28.9. The zero-order chi connectivity index (χ0) is 11.3. The average molecular weight is 230 g/mol. The van der Waals surface area contributed by atoms with E-state index in [9.17, 15) is 4.39 Å². The summed E-state index contributed by atoms with van der Waals surface area (Å²) in [6.07, 6.45) is 0. The smallest absolute Gasteiger partial charge is 0.373 e. The van der Waals surface area contributed by atoms with Crippen LogP contribution >= 0.6 is 0 Å². The Kier molecular flexibility index (Phi) is 4.40. The van der Waals surface area contributed by atoms with E-state index in [-0.39, 0.29) is 5.82 Å². The molecule has 0 fully saturated rings. The number of hydrogen-bond donors (Lipinski definition) is 0. The van der Waals surface area contributed by atoms with Gasteiger partial charge in [0.25, 0.3) is 0 Å². The molecule has 0 aliphatic carbocycles. The molecular weight excluding hydrogens is 215 g/mol. The summed E-state index contributed by atoms with van der Waals surface area (Å²) >= 11 is 0. The topological polar surface area (TPSA) is 27.7 Å². The van der Waals surface area contributed by atoms with Crippen molar-refractivity contribution < 1.29 is 17.7 Å². The lowest BCUT2D eigenvalue weighted by atomic mass is 10.3. The normalized spacial score (nSPS) is 11.7. The van der Waals surface area contributed by atoms with Gasteiger partial charge in [-0.15, -0.1) is 0 Å². The van der Waals surface area contributed by atoms with Gasteiger partial charge in [0.05, 0.1) is 0 Å². The fraction of sp³-hybridized carbons (Fsp3) is 0.400. The van der Waals surface area contributed by atoms with E-state index in [1.54, 1.807) is 12.1 Å². The Bertz CT molecular complexity index is 298. The van der Waals surface area contributed by atoms with Crippen LogP contribution in [-0.2, 0) is 13.3 Å². The molecule has 0 bridgehead atoms. The summed E-state index contributed by atoms with van der Waals surface area (Å²) in [5.41, 5.74) is 0. The van der Waals surface area contributed by atoms with Gasteiger partial charge in [0.15, 0.2) is 0 Å². The van der Waals surface area contributed by atoms with Crippen molar-refractivity contribution in [3.05, 3.63) is 30.1 Å². The van der Waals surface area contributed by atoms with Gasteiger partial charge in [0.1, 0.15) is 5.82 Å². The van der Waals surface area contributed by atoms with Crippen LogP contribution in [-0.4, -0.2) is 29.6 Å². The summed E-state index contributed by atoms with van der Waals surface area (Å²) in [5, 5.41) is 0.760. The summed E-state index contributed by atoms with van der Waals surface area (Å²) in [4.78, 5) is 0. The molecular formula is C10H15FO3Si. The zero-order valence-corrected chi connectivity index (χ0v) is 10.1. The molecule has 0 atom stereocenters. The molecule has 0 aliphatic heterocycles. The first-order valence-corrected chi connectivity index (χ1v) is 6.41. The minimum Gasteiger partial charge on any atom is -0.373 e. The van der Waals surface area contributed by atoms with Gasteiger partial charge >= 0.3 is 8.80 Å². The fourth-order valence-corrected chi connectivity index (χ4v) is 3.36. The maximum Gasteiger partial charge on any atom is 0.536 e. The Labute approximate surface area is 90.1 Å². The predicted octanol–water partition coefficient (Wildman–Crippen LogP) is 1.30. The lowest BCUT2D eigenvalue weighted by Gasteiger charge is -2.25. The Morgan fingerprint density at radius 2 is 1.67 bits per heavy atom. The Balaban J connectivity index is 3.02. The van der Waals surface area contributed by atoms with Gasteiger partial charge in [0, 0.05) is 26.0 Å². The van der Waals surface area contributed by atoms with Gasteiger partial charge in [-0.25, -0.2) is 4.39 Å². The standard InChI is InChI=1S/C10H15FO3Si/c1-4-14-15(12-2,13-3)10-7-5-9(11)6-8-10/h5-8H,4H2,1-3H3. The third-order valence-corrected chi connectivity index (χ3v) is 4.85. The van der Waals surface area contributed by atoms with Crippen LogP contribution in [0.2, 0.25) is 0 Å². The van der Waals surface area contributed by atoms with E-state index < -0.39 is 8.80 Å². The van der Waals surface area contributed by atoms with Crippen molar-refractivity contribution in [2.24, 2.45) is 0 Å². The summed E-state index contributed by atoms with van der Waals surface area (Å²) in [6.45, 7) is 2.36. The molecule has 0 spiro atoms. The third-order valence-electron chi connectivity index (χ3n) is 2.07. The second-order valence-corrected chi connectivity index (χ2v) is 5.70. The molecule has 1 rings (SSSR count). The highest BCUT2D eigenvalue weighted by atomic mass is 28.4. The molecule has 0 aromatic heterocycles. The molecule has 0 aliphatic rings. The number of benzene rings is 1. The van der Waals surface area contributed by atoms with Crippen molar-refractivity contribution in [1.82, 2.24) is 0 Å². The number of rotatable bonds is 5. The Morgan fingerprint density at radius 1 is 1.13 bits per heavy atom. The number of halogens is 1. The SMILES string of the molecule is CCO[Si](OC)(OC)c1ccc(F)cc1. The van der Waals surface area contributed by atoms with Crippen molar-refractivity contribution in [3.63, 3.8) is 0 Å². The van der Waals surface area contributed by atoms with E-state index in [0.29, 0.717) is 6.61 Å². The monoisotopic (exact) mass is 230 g/mol. The molecule has 0 amide bonds. The van der Waals surface area contributed by atoms with Crippen LogP contribution in [0.25, 0.3) is 0 Å². The molecule has 0 heterocycles. The van der Waals surface area contributed by atoms with Crippen molar-refractivity contribution in [1.29, 1.82) is 0 Å². The minimum absolute atomic E-state index is 0.287. The fourth-order valence-electron chi connectivity index (χ4n) is 1.36. The van der Waals surface area contributed by atoms with Gasteiger partial charge in [-0.3, -0.25) is 0 Å². The van der Waals surface area contributed by atoms with E-state index in [1.165, 1.54) is 26.4 Å². The molecule has 3 nitrogen and oxygen atoms in total.